The number of aromatic nitrogens is 2. The molecule has 0 saturated heterocycles. The summed E-state index contributed by atoms with van der Waals surface area (Å²) in [4.78, 5) is 16.0. The number of ether oxygens (including phenoxy) is 1. The van der Waals surface area contributed by atoms with E-state index in [4.69, 9.17) is 9.26 Å². The highest BCUT2D eigenvalue weighted by atomic mass is 16.5. The molecule has 0 bridgehead atoms. The van der Waals surface area contributed by atoms with Crippen molar-refractivity contribution in [3.63, 3.8) is 0 Å². The van der Waals surface area contributed by atoms with E-state index in [0.29, 0.717) is 22.8 Å². The van der Waals surface area contributed by atoms with E-state index in [1.165, 1.54) is 0 Å². The summed E-state index contributed by atoms with van der Waals surface area (Å²) in [6.45, 7) is 5.81. The molecule has 0 radical (unpaired) electrons. The lowest BCUT2D eigenvalue weighted by Gasteiger charge is -2.01. The van der Waals surface area contributed by atoms with Crippen LogP contribution in [-0.4, -0.2) is 29.2 Å². The van der Waals surface area contributed by atoms with E-state index in [0.717, 1.165) is 5.69 Å². The fourth-order valence-corrected chi connectivity index (χ4v) is 1.79. The molecule has 2 aromatic rings. The van der Waals surface area contributed by atoms with Crippen LogP contribution in [0, 0.1) is 32.6 Å². The van der Waals surface area contributed by atoms with E-state index in [1.54, 1.807) is 20.0 Å². The number of amides is 1. The maximum atomic E-state index is 11.9. The number of nitrogens with one attached hydrogen (secondary N) is 1. The fourth-order valence-electron chi connectivity index (χ4n) is 1.79. The Bertz CT molecular complexity index is 689. The maximum absolute atomic E-state index is 11.9. The first-order chi connectivity index (χ1) is 10.6. The molecule has 22 heavy (non-hydrogen) atoms. The third-order valence-electron chi connectivity index (χ3n) is 2.92. The molecular formula is C16H17N3O3. The van der Waals surface area contributed by atoms with Crippen LogP contribution in [0.2, 0.25) is 0 Å². The highest BCUT2D eigenvalue weighted by molar-refractivity contribution is 5.96. The SMILES string of the molecule is Cc1ccc(OCC#CCNC(=O)c2c(C)noc2C)cn1. The molecule has 0 saturated carbocycles. The Morgan fingerprint density at radius 3 is 2.77 bits per heavy atom. The highest BCUT2D eigenvalue weighted by Crippen LogP contribution is 2.11. The smallest absolute Gasteiger partial charge is 0.257 e. The van der Waals surface area contributed by atoms with Gasteiger partial charge in [-0.25, -0.2) is 0 Å². The summed E-state index contributed by atoms with van der Waals surface area (Å²) in [5, 5.41) is 6.43. The molecule has 114 valence electrons. The van der Waals surface area contributed by atoms with Gasteiger partial charge in [-0.3, -0.25) is 9.78 Å². The second kappa shape index (κ2) is 7.27. The molecule has 0 atom stereocenters. The van der Waals surface area contributed by atoms with Crippen molar-refractivity contribution in [3.8, 4) is 17.6 Å². The van der Waals surface area contributed by atoms with Crippen molar-refractivity contribution in [3.05, 3.63) is 41.0 Å². The first kappa shape index (κ1) is 15.6. The molecular weight excluding hydrogens is 282 g/mol. The minimum Gasteiger partial charge on any atom is -0.479 e. The number of pyridine rings is 1. The number of rotatable bonds is 4. The number of nitrogens with zero attached hydrogens (tertiary/aromatic N) is 2. The monoisotopic (exact) mass is 299 g/mol. The van der Waals surface area contributed by atoms with Gasteiger partial charge in [-0.05, 0) is 32.9 Å². The van der Waals surface area contributed by atoms with Crippen LogP contribution in [0.4, 0.5) is 0 Å². The third-order valence-corrected chi connectivity index (χ3v) is 2.92. The molecule has 2 heterocycles. The van der Waals surface area contributed by atoms with E-state index in [1.807, 2.05) is 19.1 Å². The van der Waals surface area contributed by atoms with Crippen LogP contribution >= 0.6 is 0 Å². The average Bonchev–Trinajstić information content (AvgIpc) is 2.83. The number of aryl methyl sites for hydroxylation is 3. The minimum absolute atomic E-state index is 0.235. The van der Waals surface area contributed by atoms with Gasteiger partial charge in [0.2, 0.25) is 0 Å². The Morgan fingerprint density at radius 1 is 1.32 bits per heavy atom. The van der Waals surface area contributed by atoms with E-state index in [-0.39, 0.29) is 19.1 Å². The predicted molar refractivity (Wildman–Crippen MR) is 80.6 cm³/mol. The number of carbonyl (C=O) groups excluding carboxylic acids is 1. The van der Waals surface area contributed by atoms with Crippen LogP contribution in [0.15, 0.2) is 22.9 Å². The van der Waals surface area contributed by atoms with Crippen molar-refractivity contribution in [1.29, 1.82) is 0 Å². The quantitative estimate of drug-likeness (QED) is 0.871. The number of hydrogen-bond acceptors (Lipinski definition) is 5. The van der Waals surface area contributed by atoms with E-state index in [2.05, 4.69) is 27.3 Å². The second-order valence-electron chi connectivity index (χ2n) is 4.66. The van der Waals surface area contributed by atoms with Crippen molar-refractivity contribution in [2.75, 3.05) is 13.2 Å². The first-order valence-corrected chi connectivity index (χ1v) is 6.80. The molecule has 0 aromatic carbocycles. The van der Waals surface area contributed by atoms with Crippen LogP contribution in [0.3, 0.4) is 0 Å². The molecule has 1 amide bonds. The third kappa shape index (κ3) is 4.09. The zero-order valence-electron chi connectivity index (χ0n) is 12.8. The van der Waals surface area contributed by atoms with Crippen LogP contribution in [0.1, 0.15) is 27.5 Å². The second-order valence-corrected chi connectivity index (χ2v) is 4.66. The lowest BCUT2D eigenvalue weighted by Crippen LogP contribution is -2.24. The minimum atomic E-state index is -0.241. The molecule has 0 fully saturated rings. The van der Waals surface area contributed by atoms with Gasteiger partial charge in [-0.1, -0.05) is 17.0 Å². The standard InChI is InChI=1S/C16H17N3O3/c1-11-6-7-14(10-18-11)21-9-5-4-8-17-16(20)15-12(2)19-22-13(15)3/h6-7,10H,8-9H2,1-3H3,(H,17,20). The Kier molecular flexibility index (Phi) is 5.15. The summed E-state index contributed by atoms with van der Waals surface area (Å²) in [5.74, 6) is 6.57. The maximum Gasteiger partial charge on any atom is 0.257 e. The molecule has 6 heteroatoms. The van der Waals surface area contributed by atoms with Gasteiger partial charge in [-0.15, -0.1) is 0 Å². The molecule has 2 aromatic heterocycles. The van der Waals surface area contributed by atoms with Crippen LogP contribution in [-0.2, 0) is 0 Å². The highest BCUT2D eigenvalue weighted by Gasteiger charge is 2.16. The van der Waals surface area contributed by atoms with Crippen molar-refractivity contribution in [1.82, 2.24) is 15.5 Å². The van der Waals surface area contributed by atoms with Gasteiger partial charge in [0.1, 0.15) is 23.7 Å². The van der Waals surface area contributed by atoms with Crippen LogP contribution < -0.4 is 10.1 Å². The van der Waals surface area contributed by atoms with Crippen LogP contribution in [0.5, 0.6) is 5.75 Å². The molecule has 2 rings (SSSR count). The summed E-state index contributed by atoms with van der Waals surface area (Å²) in [5.41, 5.74) is 1.96. The number of carbonyl (C=O) groups is 1. The van der Waals surface area contributed by atoms with Gasteiger partial charge in [0.05, 0.1) is 18.4 Å². The Hall–Kier alpha value is -2.81. The van der Waals surface area contributed by atoms with Crippen molar-refractivity contribution < 1.29 is 14.1 Å². The lowest BCUT2D eigenvalue weighted by molar-refractivity contribution is 0.0956. The topological polar surface area (TPSA) is 77.2 Å². The first-order valence-electron chi connectivity index (χ1n) is 6.80. The summed E-state index contributed by atoms with van der Waals surface area (Å²) >= 11 is 0. The van der Waals surface area contributed by atoms with Crippen LogP contribution in [0.25, 0.3) is 0 Å². The zero-order valence-corrected chi connectivity index (χ0v) is 12.8. The van der Waals surface area contributed by atoms with Crippen molar-refractivity contribution in [2.45, 2.75) is 20.8 Å². The Labute approximate surface area is 128 Å². The average molecular weight is 299 g/mol. The molecule has 0 aliphatic carbocycles. The molecule has 1 N–H and O–H groups in total. The van der Waals surface area contributed by atoms with E-state index in [9.17, 15) is 4.79 Å². The summed E-state index contributed by atoms with van der Waals surface area (Å²) in [6.07, 6.45) is 1.65. The normalized spacial score (nSPS) is 9.77. The van der Waals surface area contributed by atoms with E-state index < -0.39 is 0 Å². The van der Waals surface area contributed by atoms with Crippen molar-refractivity contribution in [2.24, 2.45) is 0 Å². The molecule has 6 nitrogen and oxygen atoms in total. The van der Waals surface area contributed by atoms with Gasteiger partial charge in [0.25, 0.3) is 5.91 Å². The Balaban J connectivity index is 1.75. The summed E-state index contributed by atoms with van der Waals surface area (Å²) in [7, 11) is 0. The summed E-state index contributed by atoms with van der Waals surface area (Å²) < 4.78 is 10.4. The predicted octanol–water partition coefficient (Wildman–Crippen LogP) is 1.81. The van der Waals surface area contributed by atoms with E-state index >= 15 is 0 Å². The van der Waals surface area contributed by atoms with Gasteiger partial charge < -0.3 is 14.6 Å². The zero-order chi connectivity index (χ0) is 15.9. The van der Waals surface area contributed by atoms with Gasteiger partial charge >= 0.3 is 0 Å². The Morgan fingerprint density at radius 2 is 2.14 bits per heavy atom. The molecule has 0 spiro atoms. The van der Waals surface area contributed by atoms with Gasteiger partial charge in [0.15, 0.2) is 0 Å². The largest absolute Gasteiger partial charge is 0.479 e. The molecule has 0 aliphatic rings. The molecule has 0 unspecified atom stereocenters. The number of hydrogen-bond donors (Lipinski definition) is 1. The summed E-state index contributed by atoms with van der Waals surface area (Å²) in [6, 6.07) is 3.70. The fraction of sp³-hybridized carbons (Fsp3) is 0.312. The lowest BCUT2D eigenvalue weighted by atomic mass is 10.2. The van der Waals surface area contributed by atoms with Crippen molar-refractivity contribution >= 4 is 5.91 Å². The van der Waals surface area contributed by atoms with Gasteiger partial charge in [-0.2, -0.15) is 0 Å². The molecule has 0 aliphatic heterocycles. The van der Waals surface area contributed by atoms with Gasteiger partial charge in [0, 0.05) is 5.69 Å².